The highest BCUT2D eigenvalue weighted by Gasteiger charge is 2.68. The summed E-state index contributed by atoms with van der Waals surface area (Å²) in [6.07, 6.45) is 10.1. The van der Waals surface area contributed by atoms with Crippen LogP contribution >= 0.6 is 0 Å². The van der Waals surface area contributed by atoms with Gasteiger partial charge >= 0.3 is 5.97 Å². The maximum Gasteiger partial charge on any atom is 0.302 e. The number of hydrogen-bond acceptors (Lipinski definition) is 5. The summed E-state index contributed by atoms with van der Waals surface area (Å²) in [4.78, 5) is 11.6. The molecule has 0 unspecified atom stereocenters. The van der Waals surface area contributed by atoms with Crippen LogP contribution in [-0.2, 0) is 19.0 Å². The number of carbonyl (C=O) groups excluding carboxylic acids is 1. The van der Waals surface area contributed by atoms with E-state index < -0.39 is 11.9 Å². The zero-order valence-electron chi connectivity index (χ0n) is 21.9. The van der Waals surface area contributed by atoms with Gasteiger partial charge in [0.2, 0.25) is 0 Å². The van der Waals surface area contributed by atoms with Gasteiger partial charge in [-0.1, -0.05) is 27.7 Å². The molecule has 0 aromatic rings. The first-order valence-corrected chi connectivity index (χ1v) is 14.2. The summed E-state index contributed by atoms with van der Waals surface area (Å²) in [7, 11) is 0. The molecule has 0 amide bonds. The number of ether oxygens (including phenoxy) is 3. The summed E-state index contributed by atoms with van der Waals surface area (Å²) in [6, 6.07) is 0. The Labute approximate surface area is 205 Å². The van der Waals surface area contributed by atoms with Crippen LogP contribution in [0.15, 0.2) is 0 Å². The van der Waals surface area contributed by atoms with E-state index in [4.69, 9.17) is 14.2 Å². The Bertz CT molecular complexity index is 829. The first-order chi connectivity index (χ1) is 16.1. The number of carbonyl (C=O) groups is 1. The van der Waals surface area contributed by atoms with Crippen LogP contribution in [0.5, 0.6) is 0 Å². The number of fused-ring (bicyclic) bond motifs is 7. The number of esters is 1. The van der Waals surface area contributed by atoms with Gasteiger partial charge < -0.3 is 19.3 Å². The number of hydrogen-bond donors (Lipinski definition) is 1. The molecule has 192 valence electrons. The van der Waals surface area contributed by atoms with Crippen LogP contribution in [0, 0.1) is 52.3 Å². The Kier molecular flexibility index (Phi) is 5.53. The van der Waals surface area contributed by atoms with Crippen molar-refractivity contribution in [3.8, 4) is 0 Å². The van der Waals surface area contributed by atoms with E-state index in [1.54, 1.807) is 6.92 Å². The molecule has 0 radical (unpaired) electrons. The molecular weight excluding hydrogens is 428 g/mol. The lowest BCUT2D eigenvalue weighted by Crippen LogP contribution is -2.60. The van der Waals surface area contributed by atoms with E-state index in [0.29, 0.717) is 35.7 Å². The fourth-order valence-corrected chi connectivity index (χ4v) is 10.7. The largest absolute Gasteiger partial charge is 0.463 e. The molecule has 6 aliphatic rings. The van der Waals surface area contributed by atoms with Crippen LogP contribution in [0.25, 0.3) is 0 Å². The lowest BCUT2D eigenvalue weighted by Gasteiger charge is -2.61. The van der Waals surface area contributed by atoms with Crippen molar-refractivity contribution in [3.63, 3.8) is 0 Å². The Hall–Kier alpha value is -0.650. The second kappa shape index (κ2) is 7.92. The third-order valence-electron chi connectivity index (χ3n) is 12.1. The van der Waals surface area contributed by atoms with Crippen LogP contribution < -0.4 is 0 Å². The van der Waals surface area contributed by atoms with Crippen molar-refractivity contribution in [3.05, 3.63) is 0 Å². The lowest BCUT2D eigenvalue weighted by atomic mass is 9.44. The minimum Gasteiger partial charge on any atom is -0.463 e. The fraction of sp³-hybridized carbons (Fsp3) is 0.966. The number of rotatable bonds is 1. The third kappa shape index (κ3) is 3.24. The SMILES string of the molecule is CC(=O)O[C@H]1CC[C@@]2(C)[C@H](CC[C@@H]3[C@@H]2CC[C@]2(C)[C@H]4[C@H](C)[C@H](O)[C@@]5(C[C@H](C)CO5)O[C@H]4C[C@@H]32)C1. The molecule has 1 spiro atoms. The number of aliphatic hydroxyl groups excluding tert-OH is 1. The highest BCUT2D eigenvalue weighted by Crippen LogP contribution is 2.70. The summed E-state index contributed by atoms with van der Waals surface area (Å²) in [5.74, 6) is 3.04. The smallest absolute Gasteiger partial charge is 0.302 e. The molecule has 5 nitrogen and oxygen atoms in total. The van der Waals surface area contributed by atoms with Gasteiger partial charge in [-0.3, -0.25) is 4.79 Å². The van der Waals surface area contributed by atoms with Crippen molar-refractivity contribution < 1.29 is 24.1 Å². The molecule has 4 aliphatic carbocycles. The monoisotopic (exact) mass is 474 g/mol. The van der Waals surface area contributed by atoms with Crippen LogP contribution in [0.4, 0.5) is 0 Å². The molecule has 0 aromatic heterocycles. The molecule has 2 aliphatic heterocycles. The fourth-order valence-electron chi connectivity index (χ4n) is 10.7. The zero-order chi connectivity index (χ0) is 24.0. The third-order valence-corrected chi connectivity index (χ3v) is 12.1. The standard InChI is InChI=1S/C29H46O5/c1-16-14-29(32-15-16)26(31)17(2)25-24(34-29)13-23-21-7-6-19-12-20(33-18(3)30)8-10-27(19,4)22(21)9-11-28(23,25)5/h16-17,19-26,31H,6-15H2,1-5H3/t16-,17-,19+,20-,21+,22-,23-,24-,25-,26-,27-,28-,29+/m0/s1. The van der Waals surface area contributed by atoms with Gasteiger partial charge in [-0.15, -0.1) is 0 Å². The van der Waals surface area contributed by atoms with E-state index in [1.807, 2.05) is 0 Å². The lowest BCUT2D eigenvalue weighted by molar-refractivity contribution is -0.330. The quantitative estimate of drug-likeness (QED) is 0.520. The van der Waals surface area contributed by atoms with Crippen molar-refractivity contribution in [1.29, 1.82) is 0 Å². The van der Waals surface area contributed by atoms with Gasteiger partial charge in [-0.2, -0.15) is 0 Å². The summed E-state index contributed by atoms with van der Waals surface area (Å²) >= 11 is 0. The second-order valence-electron chi connectivity index (χ2n) is 13.9. The van der Waals surface area contributed by atoms with Gasteiger partial charge in [0, 0.05) is 13.3 Å². The van der Waals surface area contributed by atoms with Crippen LogP contribution in [-0.4, -0.2) is 41.8 Å². The van der Waals surface area contributed by atoms with Crippen molar-refractivity contribution in [2.24, 2.45) is 52.3 Å². The van der Waals surface area contributed by atoms with Crippen LogP contribution in [0.1, 0.15) is 92.4 Å². The van der Waals surface area contributed by atoms with Gasteiger partial charge in [0.05, 0.1) is 12.7 Å². The maximum absolute atomic E-state index is 11.6. The van der Waals surface area contributed by atoms with E-state index in [-0.39, 0.29) is 29.5 Å². The molecule has 0 bridgehead atoms. The minimum atomic E-state index is -0.776. The molecule has 0 aromatic carbocycles. The van der Waals surface area contributed by atoms with Gasteiger partial charge in [-0.05, 0) is 104 Å². The van der Waals surface area contributed by atoms with E-state index in [2.05, 4.69) is 27.7 Å². The van der Waals surface area contributed by atoms with Gasteiger partial charge in [-0.25, -0.2) is 0 Å². The Balaban J connectivity index is 1.24. The predicted molar refractivity (Wildman–Crippen MR) is 129 cm³/mol. The second-order valence-corrected chi connectivity index (χ2v) is 13.9. The van der Waals surface area contributed by atoms with Crippen molar-refractivity contribution in [1.82, 2.24) is 0 Å². The first-order valence-electron chi connectivity index (χ1n) is 14.2. The van der Waals surface area contributed by atoms with Crippen molar-refractivity contribution in [2.75, 3.05) is 6.61 Å². The molecule has 5 heteroatoms. The Morgan fingerprint density at radius 2 is 1.76 bits per heavy atom. The van der Waals surface area contributed by atoms with Crippen molar-refractivity contribution >= 4 is 5.97 Å². The maximum atomic E-state index is 11.6. The molecule has 34 heavy (non-hydrogen) atoms. The normalized spacial score (nSPS) is 58.5. The molecule has 4 saturated carbocycles. The summed E-state index contributed by atoms with van der Waals surface area (Å²) < 4.78 is 18.7. The van der Waals surface area contributed by atoms with Gasteiger partial charge in [0.25, 0.3) is 0 Å². The topological polar surface area (TPSA) is 65.0 Å². The van der Waals surface area contributed by atoms with E-state index in [9.17, 15) is 9.90 Å². The molecule has 13 atom stereocenters. The molecule has 6 rings (SSSR count). The first kappa shape index (κ1) is 23.7. The Morgan fingerprint density at radius 3 is 2.47 bits per heavy atom. The summed E-state index contributed by atoms with van der Waals surface area (Å²) in [5, 5.41) is 11.4. The van der Waals surface area contributed by atoms with Crippen molar-refractivity contribution in [2.45, 2.75) is 117 Å². The molecule has 1 N–H and O–H groups in total. The van der Waals surface area contributed by atoms with Crippen LogP contribution in [0.3, 0.4) is 0 Å². The molecule has 6 fully saturated rings. The molecule has 2 heterocycles. The van der Waals surface area contributed by atoms with E-state index in [1.165, 1.54) is 32.1 Å². The van der Waals surface area contributed by atoms with Crippen LogP contribution in [0.2, 0.25) is 0 Å². The highest BCUT2D eigenvalue weighted by atomic mass is 16.7. The summed E-state index contributed by atoms with van der Waals surface area (Å²) in [6.45, 7) is 11.8. The van der Waals surface area contributed by atoms with Gasteiger partial charge in [0.15, 0.2) is 5.79 Å². The predicted octanol–water partition coefficient (Wildman–Crippen LogP) is 5.34. The highest BCUT2D eigenvalue weighted by molar-refractivity contribution is 5.66. The number of aliphatic hydroxyl groups is 1. The average molecular weight is 475 g/mol. The van der Waals surface area contributed by atoms with Gasteiger partial charge in [0.1, 0.15) is 12.2 Å². The van der Waals surface area contributed by atoms with E-state index >= 15 is 0 Å². The molecule has 2 saturated heterocycles. The minimum absolute atomic E-state index is 0.121. The average Bonchev–Trinajstić information content (AvgIpc) is 3.29. The summed E-state index contributed by atoms with van der Waals surface area (Å²) in [5.41, 5.74) is 0.613. The Morgan fingerprint density at radius 1 is 1.00 bits per heavy atom. The van der Waals surface area contributed by atoms with E-state index in [0.717, 1.165) is 37.5 Å². The zero-order valence-corrected chi connectivity index (χ0v) is 21.9. The molecular formula is C29H46O5.